The van der Waals surface area contributed by atoms with Crippen LogP contribution in [0.3, 0.4) is 0 Å². The lowest BCUT2D eigenvalue weighted by molar-refractivity contribution is -0.130. The smallest absolute Gasteiger partial charge is 0.315 e. The van der Waals surface area contributed by atoms with Crippen molar-refractivity contribution < 1.29 is 14.1 Å². The van der Waals surface area contributed by atoms with Crippen molar-refractivity contribution >= 4 is 11.9 Å². The van der Waals surface area contributed by atoms with Crippen LogP contribution in [-0.4, -0.2) is 48.2 Å². The number of carbonyl (C=O) groups excluding carboxylic acids is 2. The van der Waals surface area contributed by atoms with Crippen LogP contribution in [0.4, 0.5) is 4.79 Å². The maximum absolute atomic E-state index is 11.9. The van der Waals surface area contributed by atoms with Gasteiger partial charge in [-0.15, -0.1) is 0 Å². The lowest BCUT2D eigenvalue weighted by Gasteiger charge is -2.26. The van der Waals surface area contributed by atoms with Gasteiger partial charge in [0.1, 0.15) is 5.76 Å². The van der Waals surface area contributed by atoms with Crippen molar-refractivity contribution in [2.75, 3.05) is 26.2 Å². The fourth-order valence-electron chi connectivity index (χ4n) is 2.80. The van der Waals surface area contributed by atoms with E-state index in [1.54, 1.807) is 0 Å². The highest BCUT2D eigenvalue weighted by Gasteiger charge is 2.16. The zero-order chi connectivity index (χ0) is 16.7. The molecule has 0 atom stereocenters. The second-order valence-corrected chi connectivity index (χ2v) is 5.96. The first kappa shape index (κ1) is 17.3. The monoisotopic (exact) mass is 322 g/mol. The molecule has 1 aromatic rings. The third-order valence-electron chi connectivity index (χ3n) is 4.18. The van der Waals surface area contributed by atoms with E-state index in [9.17, 15) is 9.59 Å². The van der Waals surface area contributed by atoms with E-state index < -0.39 is 0 Å². The van der Waals surface area contributed by atoms with Gasteiger partial charge < -0.3 is 20.1 Å². The molecule has 1 aromatic heterocycles. The Hall–Kier alpha value is -2.05. The van der Waals surface area contributed by atoms with E-state index in [0.29, 0.717) is 6.54 Å². The molecule has 1 aliphatic rings. The number of aromatic nitrogens is 1. The van der Waals surface area contributed by atoms with Crippen LogP contribution in [-0.2, 0) is 11.2 Å². The molecule has 1 saturated heterocycles. The number of piperidine rings is 1. The van der Waals surface area contributed by atoms with Gasteiger partial charge in [-0.2, -0.15) is 0 Å². The summed E-state index contributed by atoms with van der Waals surface area (Å²) < 4.78 is 5.10. The average Bonchev–Trinajstić information content (AvgIpc) is 2.89. The Morgan fingerprint density at radius 2 is 1.91 bits per heavy atom. The molecule has 2 N–H and O–H groups in total. The molecule has 128 valence electrons. The lowest BCUT2D eigenvalue weighted by atomic mass is 10.1. The molecule has 7 heteroatoms. The fraction of sp³-hybridized carbons (Fsp3) is 0.688. The van der Waals surface area contributed by atoms with Gasteiger partial charge in [0, 0.05) is 25.2 Å². The Kier molecular flexibility index (Phi) is 6.43. The van der Waals surface area contributed by atoms with Crippen LogP contribution < -0.4 is 10.6 Å². The van der Waals surface area contributed by atoms with E-state index in [4.69, 9.17) is 4.52 Å². The minimum Gasteiger partial charge on any atom is -0.361 e. The molecule has 0 unspecified atom stereocenters. The first-order valence-electron chi connectivity index (χ1n) is 8.29. The number of urea groups is 1. The fourth-order valence-corrected chi connectivity index (χ4v) is 2.80. The van der Waals surface area contributed by atoms with Gasteiger partial charge in [0.2, 0.25) is 5.91 Å². The average molecular weight is 322 g/mol. The Labute approximate surface area is 136 Å². The zero-order valence-corrected chi connectivity index (χ0v) is 14.0. The number of rotatable bonds is 6. The maximum Gasteiger partial charge on any atom is 0.315 e. The maximum atomic E-state index is 11.9. The number of hydrogen-bond acceptors (Lipinski definition) is 4. The largest absolute Gasteiger partial charge is 0.361 e. The molecule has 3 amide bonds. The summed E-state index contributed by atoms with van der Waals surface area (Å²) in [6.07, 6.45) is 4.91. The molecule has 23 heavy (non-hydrogen) atoms. The van der Waals surface area contributed by atoms with Crippen molar-refractivity contribution in [1.29, 1.82) is 0 Å². The van der Waals surface area contributed by atoms with Gasteiger partial charge in [-0.3, -0.25) is 4.79 Å². The second kappa shape index (κ2) is 8.55. The highest BCUT2D eigenvalue weighted by atomic mass is 16.5. The molecule has 1 aliphatic heterocycles. The van der Waals surface area contributed by atoms with Crippen LogP contribution >= 0.6 is 0 Å². The zero-order valence-electron chi connectivity index (χ0n) is 14.0. The molecular formula is C16H26N4O3. The van der Waals surface area contributed by atoms with Crippen LogP contribution in [0.15, 0.2) is 4.52 Å². The summed E-state index contributed by atoms with van der Waals surface area (Å²) in [6, 6.07) is -0.297. The number of carbonyl (C=O) groups is 2. The van der Waals surface area contributed by atoms with Crippen LogP contribution in [0.2, 0.25) is 0 Å². The van der Waals surface area contributed by atoms with Crippen molar-refractivity contribution in [3.63, 3.8) is 0 Å². The topological polar surface area (TPSA) is 87.5 Å². The van der Waals surface area contributed by atoms with Gasteiger partial charge in [-0.25, -0.2) is 4.79 Å². The number of nitrogens with one attached hydrogen (secondary N) is 2. The number of hydrogen-bond donors (Lipinski definition) is 2. The molecule has 0 aliphatic carbocycles. The SMILES string of the molecule is Cc1noc(C)c1CCCNC(=O)NCC(=O)N1CCCCC1. The molecule has 1 fully saturated rings. The van der Waals surface area contributed by atoms with Crippen molar-refractivity contribution in [3.05, 3.63) is 17.0 Å². The number of likely N-dealkylation sites (tertiary alicyclic amines) is 1. The predicted octanol–water partition coefficient (Wildman–Crippen LogP) is 1.54. The molecule has 0 radical (unpaired) electrons. The normalized spacial score (nSPS) is 14.6. The van der Waals surface area contributed by atoms with E-state index in [1.807, 2.05) is 18.7 Å². The number of aryl methyl sites for hydroxylation is 2. The van der Waals surface area contributed by atoms with Crippen LogP contribution in [0.1, 0.15) is 42.7 Å². The summed E-state index contributed by atoms with van der Waals surface area (Å²) in [5, 5.41) is 9.30. The predicted molar refractivity (Wildman–Crippen MR) is 86.1 cm³/mol. The van der Waals surface area contributed by atoms with Crippen molar-refractivity contribution in [1.82, 2.24) is 20.7 Å². The number of nitrogens with zero attached hydrogens (tertiary/aromatic N) is 2. The summed E-state index contributed by atoms with van der Waals surface area (Å²) in [5.41, 5.74) is 2.01. The molecular weight excluding hydrogens is 296 g/mol. The molecule has 7 nitrogen and oxygen atoms in total. The van der Waals surface area contributed by atoms with Gasteiger partial charge in [0.05, 0.1) is 12.2 Å². The molecule has 0 aromatic carbocycles. The van der Waals surface area contributed by atoms with Crippen molar-refractivity contribution in [3.8, 4) is 0 Å². The Balaban J connectivity index is 1.59. The molecule has 0 bridgehead atoms. The van der Waals surface area contributed by atoms with Gasteiger partial charge in [-0.1, -0.05) is 5.16 Å². The summed E-state index contributed by atoms with van der Waals surface area (Å²) in [5.74, 6) is 0.828. The standard InChI is InChI=1S/C16H26N4O3/c1-12-14(13(2)23-19-12)7-6-8-17-16(22)18-11-15(21)20-9-4-3-5-10-20/h3-11H2,1-2H3,(H2,17,18,22). The van der Waals surface area contributed by atoms with E-state index in [0.717, 1.165) is 55.8 Å². The van der Waals surface area contributed by atoms with Crippen molar-refractivity contribution in [2.24, 2.45) is 0 Å². The molecule has 2 heterocycles. The first-order valence-corrected chi connectivity index (χ1v) is 8.29. The lowest BCUT2D eigenvalue weighted by Crippen LogP contribution is -2.45. The molecule has 2 rings (SSSR count). The minimum atomic E-state index is -0.297. The molecule has 0 spiro atoms. The van der Waals surface area contributed by atoms with E-state index in [1.165, 1.54) is 6.42 Å². The van der Waals surface area contributed by atoms with E-state index >= 15 is 0 Å². The second-order valence-electron chi connectivity index (χ2n) is 5.96. The van der Waals surface area contributed by atoms with Gasteiger partial charge >= 0.3 is 6.03 Å². The summed E-state index contributed by atoms with van der Waals surface area (Å²) >= 11 is 0. The van der Waals surface area contributed by atoms with Crippen LogP contribution in [0, 0.1) is 13.8 Å². The highest BCUT2D eigenvalue weighted by Crippen LogP contribution is 2.13. The molecule has 0 saturated carbocycles. The van der Waals surface area contributed by atoms with Crippen molar-refractivity contribution in [2.45, 2.75) is 46.0 Å². The van der Waals surface area contributed by atoms with E-state index in [2.05, 4.69) is 15.8 Å². The van der Waals surface area contributed by atoms with Crippen LogP contribution in [0.25, 0.3) is 0 Å². The summed E-state index contributed by atoms with van der Waals surface area (Å²) in [6.45, 7) is 6.03. The minimum absolute atomic E-state index is 0.00410. The van der Waals surface area contributed by atoms with Gasteiger partial charge in [0.25, 0.3) is 0 Å². The quantitative estimate of drug-likeness (QED) is 0.778. The van der Waals surface area contributed by atoms with Gasteiger partial charge in [0.15, 0.2) is 0 Å². The number of amides is 3. The van der Waals surface area contributed by atoms with E-state index in [-0.39, 0.29) is 18.5 Å². The highest BCUT2D eigenvalue weighted by molar-refractivity contribution is 5.84. The third kappa shape index (κ3) is 5.26. The first-order chi connectivity index (χ1) is 11.1. The van der Waals surface area contributed by atoms with Crippen LogP contribution in [0.5, 0.6) is 0 Å². The Morgan fingerprint density at radius 1 is 1.17 bits per heavy atom. The third-order valence-corrected chi connectivity index (χ3v) is 4.18. The van der Waals surface area contributed by atoms with Gasteiger partial charge in [-0.05, 0) is 46.0 Å². The summed E-state index contributed by atoms with van der Waals surface area (Å²) in [4.78, 5) is 25.5. The Bertz CT molecular complexity index is 516. The summed E-state index contributed by atoms with van der Waals surface area (Å²) in [7, 11) is 0. The Morgan fingerprint density at radius 3 is 2.57 bits per heavy atom.